The summed E-state index contributed by atoms with van der Waals surface area (Å²) in [5.74, 6) is 2.04. The van der Waals surface area contributed by atoms with Crippen LogP contribution in [-0.2, 0) is 18.3 Å². The highest BCUT2D eigenvalue weighted by molar-refractivity contribution is 5.77. The van der Waals surface area contributed by atoms with Crippen molar-refractivity contribution in [2.45, 2.75) is 57.4 Å². The molecule has 0 spiro atoms. The lowest BCUT2D eigenvalue weighted by atomic mass is 10.1. The molecule has 2 aromatic rings. The number of aromatic nitrogens is 4. The normalized spacial score (nSPS) is 20.8. The maximum atomic E-state index is 12.7. The minimum atomic E-state index is -0.0243. The maximum absolute atomic E-state index is 12.7. The van der Waals surface area contributed by atoms with Gasteiger partial charge in [-0.3, -0.25) is 9.48 Å². The van der Waals surface area contributed by atoms with E-state index in [0.717, 1.165) is 55.8 Å². The summed E-state index contributed by atoms with van der Waals surface area (Å²) in [7, 11) is 1.91. The number of carbonyl (C=O) groups excluding carboxylic acids is 1. The smallest absolute Gasteiger partial charge is 0.229 e. The van der Waals surface area contributed by atoms with Crippen molar-refractivity contribution in [3.05, 3.63) is 29.2 Å². The molecule has 7 nitrogen and oxygen atoms in total. The predicted molar refractivity (Wildman–Crippen MR) is 86.2 cm³/mol. The van der Waals surface area contributed by atoms with E-state index < -0.39 is 0 Å². The van der Waals surface area contributed by atoms with Gasteiger partial charge in [0.25, 0.3) is 0 Å². The summed E-state index contributed by atoms with van der Waals surface area (Å²) in [4.78, 5) is 19.1. The first-order valence-electron chi connectivity index (χ1n) is 8.74. The minimum absolute atomic E-state index is 0.0243. The van der Waals surface area contributed by atoms with Gasteiger partial charge in [-0.2, -0.15) is 10.1 Å². The first kappa shape index (κ1) is 15.4. The summed E-state index contributed by atoms with van der Waals surface area (Å²) >= 11 is 0. The van der Waals surface area contributed by atoms with Gasteiger partial charge in [0.2, 0.25) is 11.8 Å². The van der Waals surface area contributed by atoms with Crippen LogP contribution in [0.5, 0.6) is 0 Å². The van der Waals surface area contributed by atoms with Crippen molar-refractivity contribution in [3.8, 4) is 0 Å². The molecule has 0 N–H and O–H groups in total. The molecule has 1 saturated heterocycles. The average molecular weight is 329 g/mol. The van der Waals surface area contributed by atoms with E-state index >= 15 is 0 Å². The standard InChI is InChI=1S/C17H23N5O2/c1-11-13(10-21(2)19-11)7-8-15(23)22-9-3-4-14(22)16-18-17(24-20-16)12-5-6-12/h10,12,14H,3-9H2,1-2H3/t14-/m0/s1. The zero-order valence-corrected chi connectivity index (χ0v) is 14.2. The molecule has 0 aromatic carbocycles. The van der Waals surface area contributed by atoms with Crippen LogP contribution < -0.4 is 0 Å². The fourth-order valence-corrected chi connectivity index (χ4v) is 3.49. The van der Waals surface area contributed by atoms with Gasteiger partial charge >= 0.3 is 0 Å². The number of likely N-dealkylation sites (tertiary alicyclic amines) is 1. The third-order valence-corrected chi connectivity index (χ3v) is 4.98. The lowest BCUT2D eigenvalue weighted by Gasteiger charge is -2.22. The summed E-state index contributed by atoms with van der Waals surface area (Å²) in [5, 5.41) is 8.47. The number of aryl methyl sites for hydroxylation is 3. The van der Waals surface area contributed by atoms with Crippen molar-refractivity contribution in [1.29, 1.82) is 0 Å². The highest BCUT2D eigenvalue weighted by Crippen LogP contribution is 2.40. The number of rotatable bonds is 5. The van der Waals surface area contributed by atoms with Crippen LogP contribution in [0.1, 0.15) is 67.0 Å². The minimum Gasteiger partial charge on any atom is -0.339 e. The van der Waals surface area contributed by atoms with E-state index in [-0.39, 0.29) is 11.9 Å². The molecule has 2 aliphatic rings. The Hall–Kier alpha value is -2.18. The van der Waals surface area contributed by atoms with Crippen molar-refractivity contribution < 1.29 is 9.32 Å². The Morgan fingerprint density at radius 1 is 1.38 bits per heavy atom. The molecule has 1 amide bonds. The van der Waals surface area contributed by atoms with Crippen LogP contribution in [0.2, 0.25) is 0 Å². The molecule has 4 rings (SSSR count). The van der Waals surface area contributed by atoms with Crippen molar-refractivity contribution >= 4 is 5.91 Å². The van der Waals surface area contributed by atoms with Crippen LogP contribution in [0.4, 0.5) is 0 Å². The topological polar surface area (TPSA) is 77.0 Å². The summed E-state index contributed by atoms with van der Waals surface area (Å²) in [6, 6.07) is -0.0243. The second kappa shape index (κ2) is 6.03. The van der Waals surface area contributed by atoms with Gasteiger partial charge in [0.05, 0.1) is 11.7 Å². The number of amides is 1. The average Bonchev–Trinajstić information content (AvgIpc) is 2.98. The van der Waals surface area contributed by atoms with E-state index in [4.69, 9.17) is 4.52 Å². The molecule has 7 heteroatoms. The van der Waals surface area contributed by atoms with Crippen molar-refractivity contribution in [1.82, 2.24) is 24.8 Å². The van der Waals surface area contributed by atoms with E-state index in [1.165, 1.54) is 0 Å². The van der Waals surface area contributed by atoms with Crippen molar-refractivity contribution in [2.75, 3.05) is 6.54 Å². The molecule has 0 unspecified atom stereocenters. The highest BCUT2D eigenvalue weighted by atomic mass is 16.5. The summed E-state index contributed by atoms with van der Waals surface area (Å²) in [5.41, 5.74) is 2.13. The molecule has 1 aliphatic heterocycles. The van der Waals surface area contributed by atoms with Crippen LogP contribution >= 0.6 is 0 Å². The molecule has 24 heavy (non-hydrogen) atoms. The van der Waals surface area contributed by atoms with Crippen LogP contribution in [-0.4, -0.2) is 37.3 Å². The Morgan fingerprint density at radius 2 is 2.21 bits per heavy atom. The molecule has 2 aromatic heterocycles. The van der Waals surface area contributed by atoms with Gasteiger partial charge in [-0.05, 0) is 44.6 Å². The van der Waals surface area contributed by atoms with E-state index in [1.54, 1.807) is 4.68 Å². The molecule has 0 radical (unpaired) electrons. The van der Waals surface area contributed by atoms with E-state index in [9.17, 15) is 4.79 Å². The molecule has 0 bridgehead atoms. The monoisotopic (exact) mass is 329 g/mol. The Bertz CT molecular complexity index is 746. The van der Waals surface area contributed by atoms with E-state index in [2.05, 4.69) is 15.2 Å². The zero-order valence-electron chi connectivity index (χ0n) is 14.2. The molecule has 1 aliphatic carbocycles. The van der Waals surface area contributed by atoms with Gasteiger partial charge in [0.15, 0.2) is 5.82 Å². The maximum Gasteiger partial charge on any atom is 0.229 e. The molecule has 3 heterocycles. The van der Waals surface area contributed by atoms with Gasteiger partial charge in [0, 0.05) is 32.1 Å². The molecular formula is C17H23N5O2. The number of nitrogens with zero attached hydrogens (tertiary/aromatic N) is 5. The quantitative estimate of drug-likeness (QED) is 0.841. The second-order valence-electron chi connectivity index (χ2n) is 6.92. The van der Waals surface area contributed by atoms with Gasteiger partial charge in [-0.15, -0.1) is 0 Å². The fourth-order valence-electron chi connectivity index (χ4n) is 3.49. The summed E-state index contributed by atoms with van der Waals surface area (Å²) in [6.07, 6.45) is 7.40. The SMILES string of the molecule is Cc1nn(C)cc1CCC(=O)N1CCC[C@H]1c1noc(C2CC2)n1. The first-order chi connectivity index (χ1) is 11.6. The number of hydrogen-bond acceptors (Lipinski definition) is 5. The Morgan fingerprint density at radius 3 is 2.92 bits per heavy atom. The van der Waals surface area contributed by atoms with Gasteiger partial charge in [0.1, 0.15) is 0 Å². The Labute approximate surface area is 141 Å². The number of hydrogen-bond donors (Lipinski definition) is 0. The summed E-state index contributed by atoms with van der Waals surface area (Å²) < 4.78 is 7.16. The molecular weight excluding hydrogens is 306 g/mol. The third kappa shape index (κ3) is 2.95. The molecule has 1 atom stereocenters. The summed E-state index contributed by atoms with van der Waals surface area (Å²) in [6.45, 7) is 2.76. The Kier molecular flexibility index (Phi) is 3.86. The van der Waals surface area contributed by atoms with Crippen LogP contribution in [0.25, 0.3) is 0 Å². The van der Waals surface area contributed by atoms with Crippen LogP contribution in [0, 0.1) is 6.92 Å². The van der Waals surface area contributed by atoms with Crippen molar-refractivity contribution in [3.63, 3.8) is 0 Å². The second-order valence-corrected chi connectivity index (χ2v) is 6.92. The third-order valence-electron chi connectivity index (χ3n) is 4.98. The zero-order chi connectivity index (χ0) is 16.7. The van der Waals surface area contributed by atoms with E-state index in [0.29, 0.717) is 18.2 Å². The predicted octanol–water partition coefficient (Wildman–Crippen LogP) is 2.29. The van der Waals surface area contributed by atoms with Gasteiger partial charge < -0.3 is 9.42 Å². The molecule has 2 fully saturated rings. The van der Waals surface area contributed by atoms with Crippen molar-refractivity contribution in [2.24, 2.45) is 7.05 Å². The molecule has 128 valence electrons. The highest BCUT2D eigenvalue weighted by Gasteiger charge is 2.35. The number of carbonyl (C=O) groups is 1. The van der Waals surface area contributed by atoms with Crippen LogP contribution in [0.3, 0.4) is 0 Å². The first-order valence-corrected chi connectivity index (χ1v) is 8.74. The van der Waals surface area contributed by atoms with Gasteiger partial charge in [-0.25, -0.2) is 0 Å². The fraction of sp³-hybridized carbons (Fsp3) is 0.647. The van der Waals surface area contributed by atoms with Gasteiger partial charge in [-0.1, -0.05) is 5.16 Å². The van der Waals surface area contributed by atoms with Crippen LogP contribution in [0.15, 0.2) is 10.7 Å². The molecule has 1 saturated carbocycles. The van der Waals surface area contributed by atoms with E-state index in [1.807, 2.05) is 25.1 Å². The largest absolute Gasteiger partial charge is 0.339 e. The lowest BCUT2D eigenvalue weighted by Crippen LogP contribution is -2.31. The Balaban J connectivity index is 1.41. The lowest BCUT2D eigenvalue weighted by molar-refractivity contribution is -0.132.